The molecule has 0 atom stereocenters. The van der Waals surface area contributed by atoms with Gasteiger partial charge in [0.15, 0.2) is 0 Å². The second-order valence-electron chi connectivity index (χ2n) is 6.81. The first-order valence-corrected chi connectivity index (χ1v) is 8.70. The maximum Gasteiger partial charge on any atom is 0.501 e. The van der Waals surface area contributed by atoms with Gasteiger partial charge in [-0.25, -0.2) is 8.42 Å². The Morgan fingerprint density at radius 2 is 1.38 bits per heavy atom. The van der Waals surface area contributed by atoms with Crippen LogP contribution in [-0.4, -0.2) is 44.0 Å². The summed E-state index contributed by atoms with van der Waals surface area (Å²) in [5.74, 6) is -1.06. The number of hydrogen-bond donors (Lipinski definition) is 0. The van der Waals surface area contributed by atoms with E-state index in [2.05, 4.69) is 0 Å². The van der Waals surface area contributed by atoms with E-state index in [1.807, 2.05) is 0 Å². The van der Waals surface area contributed by atoms with Crippen molar-refractivity contribution < 1.29 is 39.6 Å². The molecule has 0 saturated carbocycles. The molecule has 0 N–H and O–H groups in total. The summed E-state index contributed by atoms with van der Waals surface area (Å²) in [7, 11) is -5.60. The van der Waals surface area contributed by atoms with Crippen LogP contribution in [0, 0.1) is 5.41 Å². The molecule has 0 aliphatic carbocycles. The fraction of sp³-hybridized carbons (Fsp3) is 0.533. The molecule has 1 rings (SSSR count). The number of amides is 1. The van der Waals surface area contributed by atoms with Gasteiger partial charge in [0.05, 0.1) is 4.90 Å². The number of sulfone groups is 1. The summed E-state index contributed by atoms with van der Waals surface area (Å²) in [5, 5.41) is 0. The van der Waals surface area contributed by atoms with Crippen LogP contribution in [0.15, 0.2) is 29.2 Å². The normalized spacial score (nSPS) is 13.6. The lowest BCUT2D eigenvalue weighted by atomic mass is 9.95. The fourth-order valence-electron chi connectivity index (χ4n) is 2.08. The van der Waals surface area contributed by atoms with Crippen LogP contribution in [0.4, 0.5) is 26.3 Å². The number of carbonyl (C=O) groups excluding carboxylic acids is 1. The molecule has 1 aromatic carbocycles. The van der Waals surface area contributed by atoms with Crippen molar-refractivity contribution in [2.24, 2.45) is 5.41 Å². The average Bonchev–Trinajstić information content (AvgIpc) is 2.41. The zero-order valence-electron chi connectivity index (χ0n) is 14.1. The van der Waals surface area contributed by atoms with Crippen molar-refractivity contribution in [1.82, 2.24) is 4.90 Å². The molecule has 0 saturated heterocycles. The number of nitrogens with zero attached hydrogens (tertiary/aromatic N) is 1. The molecule has 11 heteroatoms. The van der Waals surface area contributed by atoms with Gasteiger partial charge in [-0.05, 0) is 29.7 Å². The monoisotopic (exact) mass is 405 g/mol. The lowest BCUT2D eigenvalue weighted by Crippen LogP contribution is -2.43. The second kappa shape index (κ2) is 7.09. The molecule has 0 aliphatic rings. The van der Waals surface area contributed by atoms with E-state index in [0.29, 0.717) is 17.0 Å². The SMILES string of the molecule is CC(C)(C)CN(CC(F)(F)F)C(=O)c1ccc(S(=O)(=O)C(F)(F)F)cc1. The van der Waals surface area contributed by atoms with Crippen molar-refractivity contribution in [3.63, 3.8) is 0 Å². The average molecular weight is 405 g/mol. The summed E-state index contributed by atoms with van der Waals surface area (Å²) in [6.45, 7) is 3.05. The molecule has 0 aromatic heterocycles. The first-order chi connectivity index (χ1) is 11.4. The molecular weight excluding hydrogens is 388 g/mol. The molecule has 0 spiro atoms. The molecule has 148 valence electrons. The Morgan fingerprint density at radius 3 is 1.73 bits per heavy atom. The van der Waals surface area contributed by atoms with Crippen LogP contribution >= 0.6 is 0 Å². The highest BCUT2D eigenvalue weighted by Crippen LogP contribution is 2.30. The Hall–Kier alpha value is -1.78. The predicted octanol–water partition coefficient (Wildman–Crippen LogP) is 4.03. The zero-order chi connectivity index (χ0) is 20.6. The summed E-state index contributed by atoms with van der Waals surface area (Å²) in [6, 6.07) is 2.60. The van der Waals surface area contributed by atoms with Crippen LogP contribution < -0.4 is 0 Å². The third kappa shape index (κ3) is 5.89. The topological polar surface area (TPSA) is 54.5 Å². The summed E-state index contributed by atoms with van der Waals surface area (Å²) in [5.41, 5.74) is -6.53. The summed E-state index contributed by atoms with van der Waals surface area (Å²) in [4.78, 5) is 11.7. The minimum atomic E-state index is -5.60. The third-order valence-corrected chi connectivity index (χ3v) is 4.54. The molecule has 1 amide bonds. The van der Waals surface area contributed by atoms with E-state index < -0.39 is 44.3 Å². The van der Waals surface area contributed by atoms with Crippen LogP contribution in [0.3, 0.4) is 0 Å². The van der Waals surface area contributed by atoms with Gasteiger partial charge in [-0.3, -0.25) is 4.79 Å². The largest absolute Gasteiger partial charge is 0.501 e. The maximum atomic E-state index is 12.7. The molecule has 0 fully saturated rings. The van der Waals surface area contributed by atoms with Crippen molar-refractivity contribution in [2.45, 2.75) is 37.4 Å². The maximum absolute atomic E-state index is 12.7. The predicted molar refractivity (Wildman–Crippen MR) is 81.1 cm³/mol. The van der Waals surface area contributed by atoms with Crippen LogP contribution in [0.5, 0.6) is 0 Å². The Balaban J connectivity index is 3.17. The van der Waals surface area contributed by atoms with Gasteiger partial charge in [-0.1, -0.05) is 20.8 Å². The highest BCUT2D eigenvalue weighted by molar-refractivity contribution is 7.92. The van der Waals surface area contributed by atoms with E-state index >= 15 is 0 Å². The van der Waals surface area contributed by atoms with Gasteiger partial charge in [0.25, 0.3) is 15.7 Å². The number of halogens is 6. The van der Waals surface area contributed by atoms with Crippen LogP contribution in [-0.2, 0) is 9.84 Å². The van der Waals surface area contributed by atoms with Crippen molar-refractivity contribution in [2.75, 3.05) is 13.1 Å². The van der Waals surface area contributed by atoms with Crippen molar-refractivity contribution in [3.05, 3.63) is 29.8 Å². The van der Waals surface area contributed by atoms with Gasteiger partial charge >= 0.3 is 11.7 Å². The Labute approximate surface area is 146 Å². The fourth-order valence-corrected chi connectivity index (χ4v) is 2.84. The van der Waals surface area contributed by atoms with E-state index in [1.54, 1.807) is 20.8 Å². The lowest BCUT2D eigenvalue weighted by Gasteiger charge is -2.30. The minimum absolute atomic E-state index is 0.256. The van der Waals surface area contributed by atoms with Crippen LogP contribution in [0.1, 0.15) is 31.1 Å². The van der Waals surface area contributed by atoms with Crippen LogP contribution in [0.2, 0.25) is 0 Å². The number of alkyl halides is 6. The second-order valence-corrected chi connectivity index (χ2v) is 8.75. The van der Waals surface area contributed by atoms with Gasteiger partial charge in [0.1, 0.15) is 6.54 Å². The highest BCUT2D eigenvalue weighted by atomic mass is 32.2. The van der Waals surface area contributed by atoms with E-state index in [4.69, 9.17) is 0 Å². The van der Waals surface area contributed by atoms with E-state index in [1.165, 1.54) is 0 Å². The molecule has 0 heterocycles. The number of carbonyl (C=O) groups is 1. The summed E-state index contributed by atoms with van der Waals surface area (Å²) in [6.07, 6.45) is -4.67. The molecule has 0 bridgehead atoms. The van der Waals surface area contributed by atoms with Crippen molar-refractivity contribution in [3.8, 4) is 0 Å². The summed E-state index contributed by atoms with van der Waals surface area (Å²) < 4.78 is 98.2. The van der Waals surface area contributed by atoms with E-state index in [0.717, 1.165) is 12.1 Å². The van der Waals surface area contributed by atoms with Crippen molar-refractivity contribution >= 4 is 15.7 Å². The smallest absolute Gasteiger partial charge is 0.329 e. The zero-order valence-corrected chi connectivity index (χ0v) is 14.9. The van der Waals surface area contributed by atoms with Crippen molar-refractivity contribution in [1.29, 1.82) is 0 Å². The van der Waals surface area contributed by atoms with Gasteiger partial charge < -0.3 is 4.90 Å². The molecule has 0 aliphatic heterocycles. The number of hydrogen-bond acceptors (Lipinski definition) is 3. The number of benzene rings is 1. The standard InChI is InChI=1S/C15H17F6NO3S/c1-13(2,3)8-22(9-14(16,17)18)12(23)10-4-6-11(7-5-10)26(24,25)15(19,20)21/h4-7H,8-9H2,1-3H3. The third-order valence-electron chi connectivity index (χ3n) is 3.04. The quantitative estimate of drug-likeness (QED) is 0.711. The van der Waals surface area contributed by atoms with E-state index in [-0.39, 0.29) is 12.1 Å². The molecule has 0 unspecified atom stereocenters. The first-order valence-electron chi connectivity index (χ1n) is 7.21. The first kappa shape index (κ1) is 22.3. The molecule has 26 heavy (non-hydrogen) atoms. The lowest BCUT2D eigenvalue weighted by molar-refractivity contribution is -0.142. The molecule has 4 nitrogen and oxygen atoms in total. The molecular formula is C15H17F6NO3S. The van der Waals surface area contributed by atoms with Gasteiger partial charge in [-0.2, -0.15) is 26.3 Å². The number of rotatable bonds is 4. The van der Waals surface area contributed by atoms with E-state index in [9.17, 15) is 39.6 Å². The highest BCUT2D eigenvalue weighted by Gasteiger charge is 2.46. The Morgan fingerprint density at radius 1 is 0.923 bits per heavy atom. The van der Waals surface area contributed by atoms with Gasteiger partial charge in [-0.15, -0.1) is 0 Å². The summed E-state index contributed by atoms with van der Waals surface area (Å²) >= 11 is 0. The molecule has 0 radical (unpaired) electrons. The molecule has 1 aromatic rings. The minimum Gasteiger partial charge on any atom is -0.329 e. The Bertz CT molecular complexity index is 730. The van der Waals surface area contributed by atoms with Gasteiger partial charge in [0.2, 0.25) is 0 Å². The van der Waals surface area contributed by atoms with Crippen LogP contribution in [0.25, 0.3) is 0 Å². The van der Waals surface area contributed by atoms with Gasteiger partial charge in [0, 0.05) is 12.1 Å². The Kier molecular flexibility index (Phi) is 6.07.